The van der Waals surface area contributed by atoms with Crippen molar-refractivity contribution in [3.8, 4) is 11.9 Å². The first-order valence-electron chi connectivity index (χ1n) is 6.97. The van der Waals surface area contributed by atoms with Crippen molar-refractivity contribution in [2.24, 2.45) is 0 Å². The van der Waals surface area contributed by atoms with E-state index in [1.54, 1.807) is 0 Å². The first-order valence-corrected chi connectivity index (χ1v) is 7.35. The van der Waals surface area contributed by atoms with Crippen LogP contribution in [0, 0.1) is 11.3 Å². The molecule has 0 spiro atoms. The molecule has 0 atom stereocenters. The molecule has 6 nitrogen and oxygen atoms in total. The lowest BCUT2D eigenvalue weighted by molar-refractivity contribution is 0.0526. The van der Waals surface area contributed by atoms with Crippen LogP contribution in [0.4, 0.5) is 4.79 Å². The normalized spacial score (nSPS) is 10.7. The standard InChI is InChI=1S/C15H20ClN3O3/c1-15(2,3)22-14(20)18-6-4-5-7-21-13-9-11(10-17)8-12(16)19-13/h8-9H,4-7H2,1-3H3,(H,18,20). The Hall–Kier alpha value is -2.00. The zero-order chi connectivity index (χ0) is 16.6. The number of nitrogens with one attached hydrogen (secondary N) is 1. The summed E-state index contributed by atoms with van der Waals surface area (Å²) in [6.07, 6.45) is 1.04. The molecule has 1 aromatic rings. The predicted molar refractivity (Wildman–Crippen MR) is 82.9 cm³/mol. The van der Waals surface area contributed by atoms with Gasteiger partial charge in [-0.3, -0.25) is 0 Å². The van der Waals surface area contributed by atoms with E-state index in [4.69, 9.17) is 26.3 Å². The number of halogens is 1. The second-order valence-electron chi connectivity index (χ2n) is 5.61. The molecule has 7 heteroatoms. The average Bonchev–Trinajstić information content (AvgIpc) is 2.40. The van der Waals surface area contributed by atoms with Crippen molar-refractivity contribution in [2.75, 3.05) is 13.2 Å². The van der Waals surface area contributed by atoms with E-state index in [1.165, 1.54) is 12.1 Å². The second kappa shape index (κ2) is 8.44. The summed E-state index contributed by atoms with van der Waals surface area (Å²) < 4.78 is 10.5. The highest BCUT2D eigenvalue weighted by Gasteiger charge is 2.15. The number of amides is 1. The fourth-order valence-electron chi connectivity index (χ4n) is 1.52. The van der Waals surface area contributed by atoms with Crippen molar-refractivity contribution in [1.29, 1.82) is 5.26 Å². The Labute approximate surface area is 135 Å². The van der Waals surface area contributed by atoms with E-state index >= 15 is 0 Å². The van der Waals surface area contributed by atoms with Crippen LogP contribution >= 0.6 is 11.6 Å². The van der Waals surface area contributed by atoms with Crippen molar-refractivity contribution in [1.82, 2.24) is 10.3 Å². The summed E-state index contributed by atoms with van der Waals surface area (Å²) in [7, 11) is 0. The van der Waals surface area contributed by atoms with Gasteiger partial charge in [0.05, 0.1) is 18.2 Å². The molecule has 1 rings (SSSR count). The molecule has 1 heterocycles. The van der Waals surface area contributed by atoms with Crippen LogP contribution in [0.3, 0.4) is 0 Å². The van der Waals surface area contributed by atoms with Gasteiger partial charge in [-0.25, -0.2) is 9.78 Å². The fraction of sp³-hybridized carbons (Fsp3) is 0.533. The number of carbonyl (C=O) groups is 1. The Morgan fingerprint density at radius 1 is 1.41 bits per heavy atom. The second-order valence-corrected chi connectivity index (χ2v) is 6.00. The number of nitriles is 1. The zero-order valence-corrected chi connectivity index (χ0v) is 13.7. The van der Waals surface area contributed by atoms with Crippen molar-refractivity contribution < 1.29 is 14.3 Å². The largest absolute Gasteiger partial charge is 0.478 e. The van der Waals surface area contributed by atoms with Crippen LogP contribution in [0.15, 0.2) is 12.1 Å². The van der Waals surface area contributed by atoms with E-state index in [0.717, 1.165) is 12.8 Å². The summed E-state index contributed by atoms with van der Waals surface area (Å²) in [5, 5.41) is 11.7. The van der Waals surface area contributed by atoms with Crippen molar-refractivity contribution in [3.63, 3.8) is 0 Å². The first kappa shape index (κ1) is 18.1. The van der Waals surface area contributed by atoms with Gasteiger partial charge in [-0.2, -0.15) is 5.26 Å². The highest BCUT2D eigenvalue weighted by atomic mass is 35.5. The molecule has 0 unspecified atom stereocenters. The quantitative estimate of drug-likeness (QED) is 0.641. The maximum absolute atomic E-state index is 11.4. The number of hydrogen-bond donors (Lipinski definition) is 1. The lowest BCUT2D eigenvalue weighted by Gasteiger charge is -2.19. The van der Waals surface area contributed by atoms with Crippen LogP contribution in [0.2, 0.25) is 5.15 Å². The number of hydrogen-bond acceptors (Lipinski definition) is 5. The minimum Gasteiger partial charge on any atom is -0.478 e. The molecule has 0 aliphatic heterocycles. The SMILES string of the molecule is CC(C)(C)OC(=O)NCCCCOc1cc(C#N)cc(Cl)n1. The van der Waals surface area contributed by atoms with Crippen LogP contribution in [-0.4, -0.2) is 29.8 Å². The Balaban J connectivity index is 2.20. The third-order valence-corrected chi connectivity index (χ3v) is 2.58. The van der Waals surface area contributed by atoms with Crippen LogP contribution in [0.1, 0.15) is 39.2 Å². The summed E-state index contributed by atoms with van der Waals surface area (Å²) in [6, 6.07) is 4.99. The van der Waals surface area contributed by atoms with Gasteiger partial charge < -0.3 is 14.8 Å². The summed E-state index contributed by atoms with van der Waals surface area (Å²) in [4.78, 5) is 15.4. The van der Waals surface area contributed by atoms with Gasteiger partial charge in [0.1, 0.15) is 10.8 Å². The summed E-state index contributed by atoms with van der Waals surface area (Å²) >= 11 is 5.78. The maximum atomic E-state index is 11.4. The summed E-state index contributed by atoms with van der Waals surface area (Å²) in [5.74, 6) is 0.323. The van der Waals surface area contributed by atoms with Crippen LogP contribution in [-0.2, 0) is 4.74 Å². The molecule has 0 aliphatic carbocycles. The Kier molecular flexibility index (Phi) is 6.93. The van der Waals surface area contributed by atoms with Gasteiger partial charge in [-0.1, -0.05) is 11.6 Å². The number of ether oxygens (including phenoxy) is 2. The van der Waals surface area contributed by atoms with E-state index in [2.05, 4.69) is 10.3 Å². The van der Waals surface area contributed by atoms with Crippen LogP contribution in [0.25, 0.3) is 0 Å². The van der Waals surface area contributed by atoms with Gasteiger partial charge in [0.2, 0.25) is 5.88 Å². The van der Waals surface area contributed by atoms with Gasteiger partial charge in [-0.05, 0) is 39.7 Å². The van der Waals surface area contributed by atoms with E-state index in [-0.39, 0.29) is 5.15 Å². The van der Waals surface area contributed by atoms with Gasteiger partial charge in [-0.15, -0.1) is 0 Å². The molecule has 0 bridgehead atoms. The number of pyridine rings is 1. The van der Waals surface area contributed by atoms with Crippen molar-refractivity contribution in [3.05, 3.63) is 22.8 Å². The smallest absolute Gasteiger partial charge is 0.407 e. The number of unbranched alkanes of at least 4 members (excludes halogenated alkanes) is 1. The van der Waals surface area contributed by atoms with E-state index in [1.807, 2.05) is 26.8 Å². The molecule has 1 N–H and O–H groups in total. The lowest BCUT2D eigenvalue weighted by atomic mass is 10.2. The molecule has 0 saturated heterocycles. The van der Waals surface area contributed by atoms with E-state index < -0.39 is 11.7 Å². The van der Waals surface area contributed by atoms with Crippen molar-refractivity contribution >= 4 is 17.7 Å². The third-order valence-electron chi connectivity index (χ3n) is 2.39. The molecule has 0 radical (unpaired) electrons. The molecular weight excluding hydrogens is 306 g/mol. The molecule has 0 aromatic carbocycles. The van der Waals surface area contributed by atoms with Gasteiger partial charge in [0.15, 0.2) is 0 Å². The minimum absolute atomic E-state index is 0.223. The average molecular weight is 326 g/mol. The van der Waals surface area contributed by atoms with Crippen LogP contribution < -0.4 is 10.1 Å². The van der Waals surface area contributed by atoms with E-state index in [0.29, 0.717) is 24.6 Å². The zero-order valence-electron chi connectivity index (χ0n) is 13.0. The molecule has 0 aliphatic rings. The van der Waals surface area contributed by atoms with Gasteiger partial charge >= 0.3 is 6.09 Å². The number of nitrogens with zero attached hydrogens (tertiary/aromatic N) is 2. The monoisotopic (exact) mass is 325 g/mol. The van der Waals surface area contributed by atoms with Gasteiger partial charge in [0.25, 0.3) is 0 Å². The number of aromatic nitrogens is 1. The Morgan fingerprint density at radius 2 is 2.14 bits per heavy atom. The lowest BCUT2D eigenvalue weighted by Crippen LogP contribution is -2.33. The maximum Gasteiger partial charge on any atom is 0.407 e. The van der Waals surface area contributed by atoms with Crippen LogP contribution in [0.5, 0.6) is 5.88 Å². The summed E-state index contributed by atoms with van der Waals surface area (Å²) in [5.41, 5.74) is -0.0919. The summed E-state index contributed by atoms with van der Waals surface area (Å²) in [6.45, 7) is 6.37. The van der Waals surface area contributed by atoms with Crippen molar-refractivity contribution in [2.45, 2.75) is 39.2 Å². The number of carbonyl (C=O) groups excluding carboxylic acids is 1. The molecule has 1 amide bonds. The highest BCUT2D eigenvalue weighted by Crippen LogP contribution is 2.15. The molecule has 120 valence electrons. The molecule has 22 heavy (non-hydrogen) atoms. The molecule has 0 fully saturated rings. The number of alkyl carbamates (subject to hydrolysis) is 1. The van der Waals surface area contributed by atoms with Gasteiger partial charge in [0, 0.05) is 12.6 Å². The Bertz CT molecular complexity index is 550. The Morgan fingerprint density at radius 3 is 2.77 bits per heavy atom. The topological polar surface area (TPSA) is 84.2 Å². The highest BCUT2D eigenvalue weighted by molar-refractivity contribution is 6.29. The molecular formula is C15H20ClN3O3. The first-order chi connectivity index (χ1) is 10.3. The molecule has 0 saturated carbocycles. The van der Waals surface area contributed by atoms with E-state index in [9.17, 15) is 4.79 Å². The molecule has 1 aromatic heterocycles. The predicted octanol–water partition coefficient (Wildman–Crippen LogP) is 3.29. The number of rotatable bonds is 6. The minimum atomic E-state index is -0.496. The fourth-order valence-corrected chi connectivity index (χ4v) is 1.72. The third kappa shape index (κ3) is 7.70.